The summed E-state index contributed by atoms with van der Waals surface area (Å²) >= 11 is 0. The normalized spacial score (nSPS) is 10.7. The van der Waals surface area contributed by atoms with Crippen LogP contribution >= 0.6 is 0 Å². The average Bonchev–Trinajstić information content (AvgIpc) is 2.89. The van der Waals surface area contributed by atoms with Gasteiger partial charge in [0, 0.05) is 24.2 Å². The molecule has 1 aromatic carbocycles. The van der Waals surface area contributed by atoms with Crippen LogP contribution in [0.3, 0.4) is 0 Å². The van der Waals surface area contributed by atoms with Crippen molar-refractivity contribution in [3.05, 3.63) is 47.4 Å². The second-order valence-electron chi connectivity index (χ2n) is 5.48. The minimum atomic E-state index is 0.329. The first kappa shape index (κ1) is 15.0. The number of rotatable bonds is 5. The van der Waals surface area contributed by atoms with E-state index in [9.17, 15) is 5.26 Å². The lowest BCUT2D eigenvalue weighted by Crippen LogP contribution is -2.10. The molecule has 3 rings (SSSR count). The van der Waals surface area contributed by atoms with E-state index in [0.29, 0.717) is 5.69 Å². The lowest BCUT2D eigenvalue weighted by molar-refractivity contribution is 0.574. The van der Waals surface area contributed by atoms with E-state index in [1.807, 2.05) is 35.9 Å². The minimum absolute atomic E-state index is 0.329. The van der Waals surface area contributed by atoms with Crippen LogP contribution in [0.1, 0.15) is 23.5 Å². The van der Waals surface area contributed by atoms with E-state index in [1.165, 1.54) is 0 Å². The van der Waals surface area contributed by atoms with Crippen molar-refractivity contribution in [1.29, 1.82) is 5.26 Å². The summed E-state index contributed by atoms with van der Waals surface area (Å²) in [7, 11) is 0. The SMILES string of the molecule is Cc1cc(C)n(CCCNc2c(C#N)nnc3ccccc23)n1. The predicted octanol–water partition coefficient (Wildman–Crippen LogP) is 2.82. The maximum atomic E-state index is 9.24. The van der Waals surface area contributed by atoms with Crippen LogP contribution in [0, 0.1) is 25.2 Å². The van der Waals surface area contributed by atoms with Gasteiger partial charge in [-0.15, -0.1) is 10.2 Å². The molecule has 1 N–H and O–H groups in total. The van der Waals surface area contributed by atoms with Crippen LogP contribution in [0.25, 0.3) is 10.9 Å². The zero-order valence-electron chi connectivity index (χ0n) is 13.2. The molecule has 0 spiro atoms. The summed E-state index contributed by atoms with van der Waals surface area (Å²) in [4.78, 5) is 0. The van der Waals surface area contributed by atoms with Gasteiger partial charge < -0.3 is 5.32 Å². The van der Waals surface area contributed by atoms with E-state index in [1.54, 1.807) is 0 Å². The van der Waals surface area contributed by atoms with Crippen molar-refractivity contribution >= 4 is 16.6 Å². The average molecular weight is 306 g/mol. The monoisotopic (exact) mass is 306 g/mol. The molecule has 0 aliphatic heterocycles. The summed E-state index contributed by atoms with van der Waals surface area (Å²) in [5, 5.41) is 26.0. The molecule has 6 heteroatoms. The van der Waals surface area contributed by atoms with Gasteiger partial charge in [0.1, 0.15) is 6.07 Å². The Morgan fingerprint density at radius 3 is 2.78 bits per heavy atom. The van der Waals surface area contributed by atoms with E-state index < -0.39 is 0 Å². The van der Waals surface area contributed by atoms with Crippen molar-refractivity contribution in [3.63, 3.8) is 0 Å². The largest absolute Gasteiger partial charge is 0.382 e. The highest BCUT2D eigenvalue weighted by molar-refractivity contribution is 5.92. The molecule has 0 saturated heterocycles. The first-order chi connectivity index (χ1) is 11.2. The van der Waals surface area contributed by atoms with Gasteiger partial charge in [0.25, 0.3) is 0 Å². The number of aryl methyl sites for hydroxylation is 3. The Bertz CT molecular complexity index is 874. The van der Waals surface area contributed by atoms with Crippen LogP contribution in [0.5, 0.6) is 0 Å². The Labute approximate surface area is 134 Å². The Hall–Kier alpha value is -2.94. The molecule has 23 heavy (non-hydrogen) atoms. The minimum Gasteiger partial charge on any atom is -0.382 e. The zero-order chi connectivity index (χ0) is 16.2. The van der Waals surface area contributed by atoms with Crippen molar-refractivity contribution in [1.82, 2.24) is 20.0 Å². The fraction of sp³-hybridized carbons (Fsp3) is 0.294. The first-order valence-corrected chi connectivity index (χ1v) is 7.59. The fourth-order valence-corrected chi connectivity index (χ4v) is 2.65. The molecular formula is C17H18N6. The molecule has 0 amide bonds. The third kappa shape index (κ3) is 3.14. The van der Waals surface area contributed by atoms with Crippen LogP contribution in [0.4, 0.5) is 5.69 Å². The number of benzene rings is 1. The molecule has 3 aromatic rings. The molecule has 0 fully saturated rings. The van der Waals surface area contributed by atoms with E-state index in [2.05, 4.69) is 39.7 Å². The zero-order valence-corrected chi connectivity index (χ0v) is 13.2. The van der Waals surface area contributed by atoms with Gasteiger partial charge >= 0.3 is 0 Å². The highest BCUT2D eigenvalue weighted by Crippen LogP contribution is 2.23. The van der Waals surface area contributed by atoms with Gasteiger partial charge in [-0.25, -0.2) is 0 Å². The first-order valence-electron chi connectivity index (χ1n) is 7.59. The van der Waals surface area contributed by atoms with E-state index in [0.717, 1.165) is 47.5 Å². The van der Waals surface area contributed by atoms with Crippen molar-refractivity contribution in [2.75, 3.05) is 11.9 Å². The predicted molar refractivity (Wildman–Crippen MR) is 89.1 cm³/mol. The Morgan fingerprint density at radius 1 is 1.22 bits per heavy atom. The smallest absolute Gasteiger partial charge is 0.186 e. The van der Waals surface area contributed by atoms with Gasteiger partial charge in [-0.3, -0.25) is 4.68 Å². The summed E-state index contributed by atoms with van der Waals surface area (Å²) in [6.45, 7) is 5.63. The number of anilines is 1. The molecule has 0 aliphatic rings. The number of nitrogens with one attached hydrogen (secondary N) is 1. The lowest BCUT2D eigenvalue weighted by atomic mass is 10.1. The molecular weight excluding hydrogens is 288 g/mol. The van der Waals surface area contributed by atoms with E-state index in [-0.39, 0.29) is 0 Å². The summed E-state index contributed by atoms with van der Waals surface area (Å²) in [6.07, 6.45) is 0.906. The molecule has 0 atom stereocenters. The van der Waals surface area contributed by atoms with Crippen molar-refractivity contribution in [2.45, 2.75) is 26.8 Å². The summed E-state index contributed by atoms with van der Waals surface area (Å²) in [5.74, 6) is 0. The topological polar surface area (TPSA) is 79.4 Å². The van der Waals surface area contributed by atoms with Gasteiger partial charge in [0.2, 0.25) is 0 Å². The van der Waals surface area contributed by atoms with Crippen LogP contribution in [-0.4, -0.2) is 26.5 Å². The van der Waals surface area contributed by atoms with Crippen molar-refractivity contribution in [3.8, 4) is 6.07 Å². The highest BCUT2D eigenvalue weighted by Gasteiger charge is 2.09. The second-order valence-corrected chi connectivity index (χ2v) is 5.48. The molecule has 0 saturated carbocycles. The third-order valence-corrected chi connectivity index (χ3v) is 3.73. The molecule has 0 unspecified atom stereocenters. The maximum absolute atomic E-state index is 9.24. The van der Waals surface area contributed by atoms with Gasteiger partial charge in [-0.2, -0.15) is 10.4 Å². The van der Waals surface area contributed by atoms with Gasteiger partial charge in [0.05, 0.1) is 16.9 Å². The van der Waals surface area contributed by atoms with Gasteiger partial charge in [0.15, 0.2) is 5.69 Å². The van der Waals surface area contributed by atoms with Crippen LogP contribution in [0.15, 0.2) is 30.3 Å². The standard InChI is InChI=1S/C17H18N6/c1-12-10-13(2)23(22-12)9-5-8-19-17-14-6-3-4-7-15(14)20-21-16(17)11-18/h3-4,6-7,10H,5,8-9H2,1-2H3,(H,19,20). The van der Waals surface area contributed by atoms with Crippen molar-refractivity contribution < 1.29 is 0 Å². The summed E-state index contributed by atoms with van der Waals surface area (Å²) < 4.78 is 2.01. The Kier molecular flexibility index (Phi) is 4.20. The number of nitrogens with zero attached hydrogens (tertiary/aromatic N) is 5. The Balaban J connectivity index is 1.72. The molecule has 116 valence electrons. The number of aromatic nitrogens is 4. The molecule has 0 aliphatic carbocycles. The highest BCUT2D eigenvalue weighted by atomic mass is 15.3. The number of hydrogen-bond donors (Lipinski definition) is 1. The van der Waals surface area contributed by atoms with Crippen LogP contribution in [0.2, 0.25) is 0 Å². The maximum Gasteiger partial charge on any atom is 0.186 e. The van der Waals surface area contributed by atoms with E-state index >= 15 is 0 Å². The van der Waals surface area contributed by atoms with Crippen LogP contribution in [-0.2, 0) is 6.54 Å². The van der Waals surface area contributed by atoms with Crippen LogP contribution < -0.4 is 5.32 Å². The fourth-order valence-electron chi connectivity index (χ4n) is 2.65. The van der Waals surface area contributed by atoms with Crippen molar-refractivity contribution in [2.24, 2.45) is 0 Å². The molecule has 0 bridgehead atoms. The summed E-state index contributed by atoms with van der Waals surface area (Å²) in [6, 6.07) is 11.9. The second kappa shape index (κ2) is 6.44. The summed E-state index contributed by atoms with van der Waals surface area (Å²) in [5.41, 5.74) is 4.07. The number of fused-ring (bicyclic) bond motifs is 1. The van der Waals surface area contributed by atoms with Gasteiger partial charge in [-0.05, 0) is 32.4 Å². The number of nitriles is 1. The molecule has 2 heterocycles. The molecule has 0 radical (unpaired) electrons. The lowest BCUT2D eigenvalue weighted by Gasteiger charge is -2.10. The molecule has 6 nitrogen and oxygen atoms in total. The number of hydrogen-bond acceptors (Lipinski definition) is 5. The third-order valence-electron chi connectivity index (χ3n) is 3.73. The van der Waals surface area contributed by atoms with Gasteiger partial charge in [-0.1, -0.05) is 18.2 Å². The quantitative estimate of drug-likeness (QED) is 0.733. The Morgan fingerprint density at radius 2 is 2.04 bits per heavy atom. The molecule has 2 aromatic heterocycles. The van der Waals surface area contributed by atoms with E-state index in [4.69, 9.17) is 0 Å².